The third-order valence-corrected chi connectivity index (χ3v) is 5.63. The van der Waals surface area contributed by atoms with E-state index in [4.69, 9.17) is 23.8 Å². The number of rotatable bonds is 6. The third kappa shape index (κ3) is 4.54. The largest absolute Gasteiger partial charge is 0.363 e. The number of hydrogen-bond acceptors (Lipinski definition) is 3. The van der Waals surface area contributed by atoms with E-state index in [2.05, 4.69) is 10.6 Å². The van der Waals surface area contributed by atoms with Gasteiger partial charge in [-0.25, -0.2) is 8.42 Å². The molecule has 1 aromatic carbocycles. The van der Waals surface area contributed by atoms with E-state index in [0.717, 1.165) is 0 Å². The van der Waals surface area contributed by atoms with Crippen molar-refractivity contribution < 1.29 is 8.42 Å². The van der Waals surface area contributed by atoms with Crippen LogP contribution in [0.1, 0.15) is 20.8 Å². The first kappa shape index (κ1) is 18.2. The molecule has 0 atom stereocenters. The Balaban J connectivity index is 3.16. The predicted octanol–water partition coefficient (Wildman–Crippen LogP) is 2.68. The number of benzene rings is 1. The summed E-state index contributed by atoms with van der Waals surface area (Å²) in [6.45, 7) is 6.97. The van der Waals surface area contributed by atoms with Crippen LogP contribution < -0.4 is 10.6 Å². The topological polar surface area (TPSA) is 61.4 Å². The molecule has 0 spiro atoms. The minimum atomic E-state index is -3.60. The standard InChI is InChI=1S/C13H20ClN3O2S2/c1-4-15-13(20)16-10-7-8-11(14)12(9-10)21(18,19)17(5-2)6-3/h7-9H,4-6H2,1-3H3,(H2,15,16,20). The van der Waals surface area contributed by atoms with E-state index in [0.29, 0.717) is 30.4 Å². The first-order valence-corrected chi connectivity index (χ1v) is 8.93. The summed E-state index contributed by atoms with van der Waals surface area (Å²) in [5, 5.41) is 6.51. The Bertz CT molecular complexity index is 601. The van der Waals surface area contributed by atoms with E-state index in [1.54, 1.807) is 26.0 Å². The number of nitrogens with one attached hydrogen (secondary N) is 2. The van der Waals surface area contributed by atoms with Crippen LogP contribution >= 0.6 is 23.8 Å². The summed E-state index contributed by atoms with van der Waals surface area (Å²) in [4.78, 5) is 0.0807. The molecule has 0 aromatic heterocycles. The summed E-state index contributed by atoms with van der Waals surface area (Å²) in [6.07, 6.45) is 0. The zero-order valence-electron chi connectivity index (χ0n) is 12.3. The van der Waals surface area contributed by atoms with Gasteiger partial charge in [0.2, 0.25) is 10.0 Å². The monoisotopic (exact) mass is 349 g/mol. The molecule has 1 rings (SSSR count). The van der Waals surface area contributed by atoms with Crippen molar-refractivity contribution in [2.75, 3.05) is 25.0 Å². The average molecular weight is 350 g/mol. The van der Waals surface area contributed by atoms with E-state index in [9.17, 15) is 8.42 Å². The van der Waals surface area contributed by atoms with Crippen LogP contribution in [0.4, 0.5) is 5.69 Å². The van der Waals surface area contributed by atoms with Gasteiger partial charge in [0.1, 0.15) is 4.90 Å². The highest BCUT2D eigenvalue weighted by atomic mass is 35.5. The number of sulfonamides is 1. The third-order valence-electron chi connectivity index (χ3n) is 2.85. The molecule has 0 unspecified atom stereocenters. The molecular formula is C13H20ClN3O2S2. The first-order chi connectivity index (χ1) is 9.86. The lowest BCUT2D eigenvalue weighted by atomic mass is 10.3. The Morgan fingerprint density at radius 1 is 1.29 bits per heavy atom. The molecule has 0 fully saturated rings. The molecule has 0 heterocycles. The van der Waals surface area contributed by atoms with Crippen molar-refractivity contribution in [2.45, 2.75) is 25.7 Å². The Hall–Kier alpha value is -0.890. The second-order valence-electron chi connectivity index (χ2n) is 4.22. The van der Waals surface area contributed by atoms with Crippen LogP contribution in [-0.4, -0.2) is 37.5 Å². The minimum absolute atomic E-state index is 0.0807. The molecule has 0 aliphatic carbocycles. The van der Waals surface area contributed by atoms with Crippen molar-refractivity contribution in [3.63, 3.8) is 0 Å². The molecule has 0 amide bonds. The van der Waals surface area contributed by atoms with Gasteiger partial charge >= 0.3 is 0 Å². The van der Waals surface area contributed by atoms with E-state index >= 15 is 0 Å². The lowest BCUT2D eigenvalue weighted by molar-refractivity contribution is 0.445. The van der Waals surface area contributed by atoms with Gasteiger partial charge in [-0.2, -0.15) is 4.31 Å². The molecular weight excluding hydrogens is 330 g/mol. The molecule has 2 N–H and O–H groups in total. The van der Waals surface area contributed by atoms with Gasteiger partial charge in [0, 0.05) is 25.3 Å². The summed E-state index contributed by atoms with van der Waals surface area (Å²) in [6, 6.07) is 4.74. The zero-order valence-corrected chi connectivity index (χ0v) is 14.7. The van der Waals surface area contributed by atoms with Gasteiger partial charge in [-0.15, -0.1) is 0 Å². The molecule has 5 nitrogen and oxygen atoms in total. The fourth-order valence-electron chi connectivity index (χ4n) is 1.82. The lowest BCUT2D eigenvalue weighted by Gasteiger charge is -2.20. The maximum absolute atomic E-state index is 12.5. The molecule has 0 aliphatic heterocycles. The fourth-order valence-corrected chi connectivity index (χ4v) is 4.04. The number of nitrogens with zero attached hydrogens (tertiary/aromatic N) is 1. The summed E-state index contributed by atoms with van der Waals surface area (Å²) in [5.41, 5.74) is 0.580. The second kappa shape index (κ2) is 7.93. The molecule has 1 aromatic rings. The highest BCUT2D eigenvalue weighted by Crippen LogP contribution is 2.27. The lowest BCUT2D eigenvalue weighted by Crippen LogP contribution is -2.31. The van der Waals surface area contributed by atoms with Crippen LogP contribution in [0.3, 0.4) is 0 Å². The zero-order chi connectivity index (χ0) is 16.0. The van der Waals surface area contributed by atoms with Crippen LogP contribution in [-0.2, 0) is 10.0 Å². The molecule has 8 heteroatoms. The number of thiocarbonyl (C=S) groups is 1. The summed E-state index contributed by atoms with van der Waals surface area (Å²) in [7, 11) is -3.60. The van der Waals surface area contributed by atoms with E-state index in [-0.39, 0.29) is 9.92 Å². The number of anilines is 1. The van der Waals surface area contributed by atoms with Gasteiger partial charge in [-0.05, 0) is 37.3 Å². The molecule has 0 saturated heterocycles. The molecule has 0 radical (unpaired) electrons. The van der Waals surface area contributed by atoms with Crippen molar-refractivity contribution in [3.8, 4) is 0 Å². The SMILES string of the molecule is CCNC(=S)Nc1ccc(Cl)c(S(=O)(=O)N(CC)CC)c1. The molecule has 21 heavy (non-hydrogen) atoms. The first-order valence-electron chi connectivity index (χ1n) is 6.71. The van der Waals surface area contributed by atoms with Gasteiger partial charge < -0.3 is 10.6 Å². The van der Waals surface area contributed by atoms with Gasteiger partial charge in [-0.3, -0.25) is 0 Å². The van der Waals surface area contributed by atoms with E-state index in [1.165, 1.54) is 10.4 Å². The molecule has 0 bridgehead atoms. The van der Waals surface area contributed by atoms with E-state index in [1.807, 2.05) is 6.92 Å². The van der Waals surface area contributed by atoms with Gasteiger partial charge in [-0.1, -0.05) is 25.4 Å². The van der Waals surface area contributed by atoms with Crippen molar-refractivity contribution in [3.05, 3.63) is 23.2 Å². The van der Waals surface area contributed by atoms with E-state index < -0.39 is 10.0 Å². The van der Waals surface area contributed by atoms with Crippen LogP contribution in [0, 0.1) is 0 Å². The maximum Gasteiger partial charge on any atom is 0.244 e. The van der Waals surface area contributed by atoms with Gasteiger partial charge in [0.05, 0.1) is 5.02 Å². The smallest absolute Gasteiger partial charge is 0.244 e. The Morgan fingerprint density at radius 3 is 2.43 bits per heavy atom. The van der Waals surface area contributed by atoms with Gasteiger partial charge in [0.15, 0.2) is 5.11 Å². The number of hydrogen-bond donors (Lipinski definition) is 2. The van der Waals surface area contributed by atoms with Crippen LogP contribution in [0.5, 0.6) is 0 Å². The van der Waals surface area contributed by atoms with Gasteiger partial charge in [0.25, 0.3) is 0 Å². The normalized spacial score (nSPS) is 11.5. The van der Waals surface area contributed by atoms with Crippen LogP contribution in [0.25, 0.3) is 0 Å². The van der Waals surface area contributed by atoms with Crippen molar-refractivity contribution in [1.29, 1.82) is 0 Å². The number of halogens is 1. The summed E-state index contributed by atoms with van der Waals surface area (Å²) >= 11 is 11.1. The average Bonchev–Trinajstić information content (AvgIpc) is 2.42. The predicted molar refractivity (Wildman–Crippen MR) is 91.5 cm³/mol. The van der Waals surface area contributed by atoms with Crippen LogP contribution in [0.15, 0.2) is 23.1 Å². The Kier molecular flexibility index (Phi) is 6.86. The Morgan fingerprint density at radius 2 is 1.90 bits per heavy atom. The van der Waals surface area contributed by atoms with Crippen molar-refractivity contribution >= 4 is 44.6 Å². The van der Waals surface area contributed by atoms with Crippen LogP contribution in [0.2, 0.25) is 5.02 Å². The van der Waals surface area contributed by atoms with Crippen molar-refractivity contribution in [1.82, 2.24) is 9.62 Å². The maximum atomic E-state index is 12.5. The molecule has 0 aliphatic rings. The second-order valence-corrected chi connectivity index (χ2v) is 6.94. The quantitative estimate of drug-likeness (QED) is 0.773. The molecule has 0 saturated carbocycles. The molecule has 118 valence electrons. The highest BCUT2D eigenvalue weighted by molar-refractivity contribution is 7.89. The fraction of sp³-hybridized carbons (Fsp3) is 0.462. The summed E-state index contributed by atoms with van der Waals surface area (Å²) in [5.74, 6) is 0. The Labute approximate surface area is 136 Å². The summed E-state index contributed by atoms with van der Waals surface area (Å²) < 4.78 is 26.5. The highest BCUT2D eigenvalue weighted by Gasteiger charge is 2.24. The minimum Gasteiger partial charge on any atom is -0.363 e. The van der Waals surface area contributed by atoms with Crippen molar-refractivity contribution in [2.24, 2.45) is 0 Å².